The predicted octanol–water partition coefficient (Wildman–Crippen LogP) is 3.07. The molecule has 1 aliphatic rings. The molecular formula is C13H18ClN3OS. The number of rotatable bonds is 4. The number of nitrogens with zero attached hydrogens (tertiary/aromatic N) is 2. The van der Waals surface area contributed by atoms with Gasteiger partial charge < -0.3 is 10.3 Å². The molecule has 2 aromatic rings. The molecular weight excluding hydrogens is 282 g/mol. The summed E-state index contributed by atoms with van der Waals surface area (Å²) in [5.41, 5.74) is 7.28. The minimum Gasteiger partial charge on any atom is -0.339 e. The van der Waals surface area contributed by atoms with E-state index in [1.165, 1.54) is 5.56 Å². The van der Waals surface area contributed by atoms with Crippen LogP contribution in [-0.4, -0.2) is 10.1 Å². The maximum Gasteiger partial charge on any atom is 0.227 e. The average Bonchev–Trinajstić information content (AvgIpc) is 3.08. The smallest absolute Gasteiger partial charge is 0.227 e. The summed E-state index contributed by atoms with van der Waals surface area (Å²) in [4.78, 5) is 4.46. The van der Waals surface area contributed by atoms with Crippen LogP contribution < -0.4 is 5.73 Å². The lowest BCUT2D eigenvalue weighted by atomic mass is 9.99. The molecule has 2 heterocycles. The van der Waals surface area contributed by atoms with Crippen LogP contribution in [0, 0.1) is 0 Å². The molecule has 0 bridgehead atoms. The highest BCUT2D eigenvalue weighted by atomic mass is 35.5. The zero-order valence-electron chi connectivity index (χ0n) is 10.7. The molecule has 1 aliphatic carbocycles. The van der Waals surface area contributed by atoms with Gasteiger partial charge in [0.15, 0.2) is 5.82 Å². The first kappa shape index (κ1) is 14.5. The van der Waals surface area contributed by atoms with Crippen LogP contribution in [-0.2, 0) is 18.4 Å². The van der Waals surface area contributed by atoms with Crippen LogP contribution in [0.1, 0.15) is 43.0 Å². The Hall–Kier alpha value is -0.910. The topological polar surface area (TPSA) is 64.9 Å². The molecule has 19 heavy (non-hydrogen) atoms. The van der Waals surface area contributed by atoms with Gasteiger partial charge in [-0.15, -0.1) is 12.4 Å². The molecule has 0 radical (unpaired) electrons. The van der Waals surface area contributed by atoms with E-state index in [2.05, 4.69) is 27.0 Å². The van der Waals surface area contributed by atoms with E-state index in [1.54, 1.807) is 11.3 Å². The third kappa shape index (κ3) is 3.16. The Balaban J connectivity index is 0.00000133. The number of hydrogen-bond donors (Lipinski definition) is 1. The molecule has 6 heteroatoms. The van der Waals surface area contributed by atoms with Gasteiger partial charge in [-0.25, -0.2) is 0 Å². The van der Waals surface area contributed by atoms with Gasteiger partial charge in [-0.1, -0.05) is 18.0 Å². The molecule has 4 nitrogen and oxygen atoms in total. The van der Waals surface area contributed by atoms with Crippen molar-refractivity contribution in [1.82, 2.24) is 10.1 Å². The van der Waals surface area contributed by atoms with Crippen LogP contribution in [0.15, 0.2) is 21.3 Å². The van der Waals surface area contributed by atoms with Crippen molar-refractivity contribution in [2.75, 3.05) is 0 Å². The molecule has 0 saturated heterocycles. The molecule has 1 fully saturated rings. The molecule has 2 aromatic heterocycles. The van der Waals surface area contributed by atoms with Gasteiger partial charge in [0.2, 0.25) is 5.89 Å². The quantitative estimate of drug-likeness (QED) is 0.942. The Labute approximate surface area is 122 Å². The largest absolute Gasteiger partial charge is 0.339 e. The van der Waals surface area contributed by atoms with Crippen LogP contribution in [0.4, 0.5) is 0 Å². The molecule has 1 saturated carbocycles. The summed E-state index contributed by atoms with van der Waals surface area (Å²) in [5.74, 6) is 1.40. The zero-order chi connectivity index (χ0) is 12.4. The standard InChI is InChI=1S/C13H17N3OS.ClH/c14-13(6-1-2-7-13)12-15-11(17-16-12)4-3-10-5-8-18-9-10;/h5,8-9H,1-4,6-7,14H2;1H. The van der Waals surface area contributed by atoms with Crippen molar-refractivity contribution in [3.8, 4) is 0 Å². The summed E-state index contributed by atoms with van der Waals surface area (Å²) in [7, 11) is 0. The third-order valence-electron chi connectivity index (χ3n) is 3.62. The SMILES string of the molecule is Cl.NC1(c2noc(CCc3ccsc3)n2)CCCC1. The summed E-state index contributed by atoms with van der Waals surface area (Å²) in [5, 5.41) is 8.30. The second-order valence-corrected chi connectivity index (χ2v) is 5.79. The number of hydrogen-bond acceptors (Lipinski definition) is 5. The number of aromatic nitrogens is 2. The third-order valence-corrected chi connectivity index (χ3v) is 4.35. The Morgan fingerprint density at radius 2 is 2.11 bits per heavy atom. The van der Waals surface area contributed by atoms with E-state index in [4.69, 9.17) is 10.3 Å². The highest BCUT2D eigenvalue weighted by Crippen LogP contribution is 2.34. The van der Waals surface area contributed by atoms with E-state index in [1.807, 2.05) is 0 Å². The molecule has 0 aliphatic heterocycles. The van der Waals surface area contributed by atoms with Crippen molar-refractivity contribution < 1.29 is 4.52 Å². The van der Waals surface area contributed by atoms with E-state index >= 15 is 0 Å². The summed E-state index contributed by atoms with van der Waals surface area (Å²) in [6, 6.07) is 2.13. The fourth-order valence-electron chi connectivity index (χ4n) is 2.47. The van der Waals surface area contributed by atoms with Gasteiger partial charge in [0.05, 0.1) is 5.54 Å². The van der Waals surface area contributed by atoms with Crippen LogP contribution in [0.2, 0.25) is 0 Å². The lowest BCUT2D eigenvalue weighted by molar-refractivity contribution is 0.348. The van der Waals surface area contributed by atoms with E-state index < -0.39 is 0 Å². The van der Waals surface area contributed by atoms with Gasteiger partial charge in [-0.3, -0.25) is 0 Å². The van der Waals surface area contributed by atoms with E-state index in [0.29, 0.717) is 11.7 Å². The van der Waals surface area contributed by atoms with Crippen molar-refractivity contribution in [1.29, 1.82) is 0 Å². The maximum atomic E-state index is 6.30. The normalized spacial score (nSPS) is 17.3. The first-order chi connectivity index (χ1) is 8.76. The van der Waals surface area contributed by atoms with Crippen molar-refractivity contribution in [3.05, 3.63) is 34.1 Å². The lowest BCUT2D eigenvalue weighted by Gasteiger charge is -2.17. The first-order valence-electron chi connectivity index (χ1n) is 6.39. The van der Waals surface area contributed by atoms with E-state index in [0.717, 1.165) is 38.5 Å². The first-order valence-corrected chi connectivity index (χ1v) is 7.34. The van der Waals surface area contributed by atoms with Crippen molar-refractivity contribution in [3.63, 3.8) is 0 Å². The summed E-state index contributed by atoms with van der Waals surface area (Å²) < 4.78 is 5.30. The lowest BCUT2D eigenvalue weighted by Crippen LogP contribution is -2.34. The molecule has 2 N–H and O–H groups in total. The van der Waals surface area contributed by atoms with Crippen molar-refractivity contribution in [2.45, 2.75) is 44.1 Å². The van der Waals surface area contributed by atoms with Crippen LogP contribution in [0.5, 0.6) is 0 Å². The van der Waals surface area contributed by atoms with Gasteiger partial charge in [0, 0.05) is 6.42 Å². The highest BCUT2D eigenvalue weighted by molar-refractivity contribution is 7.07. The molecule has 0 unspecified atom stereocenters. The second kappa shape index (κ2) is 6.03. The Kier molecular flexibility index (Phi) is 4.60. The Morgan fingerprint density at radius 1 is 1.32 bits per heavy atom. The van der Waals surface area contributed by atoms with Crippen LogP contribution in [0.25, 0.3) is 0 Å². The summed E-state index contributed by atoms with van der Waals surface area (Å²) in [6.07, 6.45) is 6.00. The minimum atomic E-state index is -0.343. The highest BCUT2D eigenvalue weighted by Gasteiger charge is 2.35. The van der Waals surface area contributed by atoms with Gasteiger partial charge in [0.1, 0.15) is 0 Å². The van der Waals surface area contributed by atoms with E-state index in [9.17, 15) is 0 Å². The molecule has 0 atom stereocenters. The minimum absolute atomic E-state index is 0. The fraction of sp³-hybridized carbons (Fsp3) is 0.538. The molecule has 104 valence electrons. The number of thiophene rings is 1. The Bertz CT molecular complexity index is 506. The molecule has 3 rings (SSSR count). The molecule has 0 amide bonds. The second-order valence-electron chi connectivity index (χ2n) is 5.01. The summed E-state index contributed by atoms with van der Waals surface area (Å²) >= 11 is 1.71. The summed E-state index contributed by atoms with van der Waals surface area (Å²) in [6.45, 7) is 0. The van der Waals surface area contributed by atoms with E-state index in [-0.39, 0.29) is 17.9 Å². The van der Waals surface area contributed by atoms with Crippen LogP contribution >= 0.6 is 23.7 Å². The van der Waals surface area contributed by atoms with Crippen molar-refractivity contribution >= 4 is 23.7 Å². The van der Waals surface area contributed by atoms with Gasteiger partial charge >= 0.3 is 0 Å². The van der Waals surface area contributed by atoms with Crippen molar-refractivity contribution in [2.24, 2.45) is 5.73 Å². The average molecular weight is 300 g/mol. The molecule has 0 spiro atoms. The number of nitrogens with two attached hydrogens (primary N) is 1. The van der Waals surface area contributed by atoms with Gasteiger partial charge in [-0.2, -0.15) is 16.3 Å². The van der Waals surface area contributed by atoms with Gasteiger partial charge in [-0.05, 0) is 41.7 Å². The number of halogens is 1. The number of aryl methyl sites for hydroxylation is 2. The van der Waals surface area contributed by atoms with Gasteiger partial charge in [0.25, 0.3) is 0 Å². The Morgan fingerprint density at radius 3 is 2.79 bits per heavy atom. The maximum absolute atomic E-state index is 6.30. The fourth-order valence-corrected chi connectivity index (χ4v) is 3.18. The monoisotopic (exact) mass is 299 g/mol. The van der Waals surface area contributed by atoms with Crippen LogP contribution in [0.3, 0.4) is 0 Å². The predicted molar refractivity (Wildman–Crippen MR) is 77.6 cm³/mol. The molecule has 0 aromatic carbocycles. The zero-order valence-corrected chi connectivity index (χ0v) is 12.3.